The summed E-state index contributed by atoms with van der Waals surface area (Å²) in [6.45, 7) is 11.9. The van der Waals surface area contributed by atoms with Gasteiger partial charge in [0.1, 0.15) is 0 Å². The highest BCUT2D eigenvalue weighted by molar-refractivity contribution is 7.81. The van der Waals surface area contributed by atoms with Crippen LogP contribution in [0.3, 0.4) is 0 Å². The molecule has 1 rings (SSSR count). The van der Waals surface area contributed by atoms with Crippen molar-refractivity contribution < 1.29 is 0 Å². The highest BCUT2D eigenvalue weighted by Gasteiger charge is 2.38. The lowest BCUT2D eigenvalue weighted by atomic mass is 9.76. The van der Waals surface area contributed by atoms with Gasteiger partial charge in [-0.3, -0.25) is 0 Å². The Morgan fingerprint density at radius 2 is 1.46 bits per heavy atom. The van der Waals surface area contributed by atoms with E-state index in [9.17, 15) is 0 Å². The van der Waals surface area contributed by atoms with Crippen molar-refractivity contribution in [2.75, 3.05) is 0 Å². The van der Waals surface area contributed by atoms with Gasteiger partial charge in [0, 0.05) is 5.25 Å². The van der Waals surface area contributed by atoms with Gasteiger partial charge in [0.25, 0.3) is 0 Å². The van der Waals surface area contributed by atoms with Crippen LogP contribution in [0.4, 0.5) is 0 Å². The zero-order valence-corrected chi connectivity index (χ0v) is 10.6. The van der Waals surface area contributed by atoms with E-state index in [2.05, 4.69) is 34.6 Å². The number of rotatable bonds is 0. The topological polar surface area (TPSA) is 0 Å². The zero-order chi connectivity index (χ0) is 10.3. The molecule has 1 aliphatic rings. The second-order valence-electron chi connectivity index (χ2n) is 6.13. The molecule has 0 spiro atoms. The summed E-state index contributed by atoms with van der Waals surface area (Å²) in [6.07, 6.45) is 3.93. The molecule has 0 radical (unpaired) electrons. The Bertz CT molecular complexity index is 162. The molecule has 0 aliphatic heterocycles. The highest BCUT2D eigenvalue weighted by Crippen LogP contribution is 2.47. The van der Waals surface area contributed by atoms with Crippen LogP contribution in [-0.4, -0.2) is 5.25 Å². The van der Waals surface area contributed by atoms with Crippen molar-refractivity contribution in [3.63, 3.8) is 0 Å². The van der Waals surface area contributed by atoms with Gasteiger partial charge >= 0.3 is 0 Å². The van der Waals surface area contributed by atoms with Crippen molar-refractivity contribution in [2.45, 2.75) is 59.1 Å². The van der Waals surface area contributed by atoms with Crippen molar-refractivity contribution in [1.29, 1.82) is 0 Å². The van der Waals surface area contributed by atoms with Crippen LogP contribution in [-0.2, 0) is 0 Å². The van der Waals surface area contributed by atoms with Crippen LogP contribution in [0, 0.1) is 16.7 Å². The fourth-order valence-electron chi connectivity index (χ4n) is 2.03. The van der Waals surface area contributed by atoms with Crippen molar-refractivity contribution >= 4 is 12.6 Å². The minimum Gasteiger partial charge on any atom is -0.175 e. The van der Waals surface area contributed by atoms with E-state index in [4.69, 9.17) is 12.6 Å². The molecule has 0 aromatic carbocycles. The first-order valence-electron chi connectivity index (χ1n) is 5.44. The first-order valence-corrected chi connectivity index (χ1v) is 5.95. The Morgan fingerprint density at radius 3 is 2.00 bits per heavy atom. The third kappa shape index (κ3) is 2.43. The van der Waals surface area contributed by atoms with E-state index in [0.29, 0.717) is 16.1 Å². The average molecular weight is 200 g/mol. The normalized spacial score (nSPS) is 38.3. The van der Waals surface area contributed by atoms with Crippen molar-refractivity contribution in [1.82, 2.24) is 0 Å². The minimum absolute atomic E-state index is 0.422. The maximum atomic E-state index is 4.75. The number of hydrogen-bond acceptors (Lipinski definition) is 1. The van der Waals surface area contributed by atoms with Gasteiger partial charge in [-0.1, -0.05) is 34.6 Å². The van der Waals surface area contributed by atoms with E-state index in [-0.39, 0.29) is 0 Å². The van der Waals surface area contributed by atoms with E-state index < -0.39 is 0 Å². The highest BCUT2D eigenvalue weighted by atomic mass is 32.1. The maximum Gasteiger partial charge on any atom is 0.00707 e. The molecule has 0 bridgehead atoms. The maximum absolute atomic E-state index is 4.75. The smallest absolute Gasteiger partial charge is 0.00707 e. The molecule has 0 saturated heterocycles. The van der Waals surface area contributed by atoms with E-state index in [1.165, 1.54) is 19.3 Å². The van der Waals surface area contributed by atoms with Crippen LogP contribution >= 0.6 is 12.6 Å². The quantitative estimate of drug-likeness (QED) is 0.440. The summed E-state index contributed by atoms with van der Waals surface area (Å²) >= 11 is 4.75. The summed E-state index contributed by atoms with van der Waals surface area (Å²) < 4.78 is 0. The van der Waals surface area contributed by atoms with E-state index >= 15 is 0 Å². The SMILES string of the molecule is C[C@H]1CC(S)C(C)(C)CCC1(C)C. The largest absolute Gasteiger partial charge is 0.175 e. The molecule has 0 heterocycles. The summed E-state index contributed by atoms with van der Waals surface area (Å²) in [6, 6.07) is 0. The van der Waals surface area contributed by atoms with Gasteiger partial charge in [-0.25, -0.2) is 0 Å². The molecule has 0 aromatic rings. The predicted molar refractivity (Wildman–Crippen MR) is 63.4 cm³/mol. The van der Waals surface area contributed by atoms with Crippen LogP contribution in [0.2, 0.25) is 0 Å². The molecular weight excluding hydrogens is 176 g/mol. The van der Waals surface area contributed by atoms with Gasteiger partial charge in [0.15, 0.2) is 0 Å². The molecule has 1 fully saturated rings. The van der Waals surface area contributed by atoms with Crippen LogP contribution in [0.25, 0.3) is 0 Å². The van der Waals surface area contributed by atoms with Crippen molar-refractivity contribution in [3.05, 3.63) is 0 Å². The summed E-state index contributed by atoms with van der Waals surface area (Å²) in [7, 11) is 0. The van der Waals surface area contributed by atoms with Crippen LogP contribution in [0.1, 0.15) is 53.9 Å². The Labute approximate surface area is 88.9 Å². The Morgan fingerprint density at radius 1 is 1.00 bits per heavy atom. The van der Waals surface area contributed by atoms with Crippen molar-refractivity contribution in [3.8, 4) is 0 Å². The molecular formula is C12H24S. The summed E-state index contributed by atoms with van der Waals surface area (Å²) in [5, 5.41) is 0.573. The van der Waals surface area contributed by atoms with Gasteiger partial charge in [-0.2, -0.15) is 12.6 Å². The number of hydrogen-bond donors (Lipinski definition) is 1. The van der Waals surface area contributed by atoms with Gasteiger partial charge in [-0.05, 0) is 36.0 Å². The molecule has 2 atom stereocenters. The van der Waals surface area contributed by atoms with E-state index in [0.717, 1.165) is 5.92 Å². The summed E-state index contributed by atoms with van der Waals surface area (Å²) in [5.41, 5.74) is 0.930. The van der Waals surface area contributed by atoms with E-state index in [1.807, 2.05) is 0 Å². The van der Waals surface area contributed by atoms with E-state index in [1.54, 1.807) is 0 Å². The van der Waals surface area contributed by atoms with Crippen molar-refractivity contribution in [2.24, 2.45) is 16.7 Å². The second kappa shape index (κ2) is 3.49. The van der Waals surface area contributed by atoms with Gasteiger partial charge in [0.05, 0.1) is 0 Å². The van der Waals surface area contributed by atoms with Gasteiger partial charge in [-0.15, -0.1) is 0 Å². The standard InChI is InChI=1S/C12H24S/c1-9-8-10(13)12(4,5)7-6-11(9,2)3/h9-10,13H,6-8H2,1-5H3/t9-,10?/m0/s1. The molecule has 78 valence electrons. The summed E-state index contributed by atoms with van der Waals surface area (Å²) in [5.74, 6) is 0.803. The van der Waals surface area contributed by atoms with Gasteiger partial charge in [0.2, 0.25) is 0 Å². The Hall–Kier alpha value is 0.350. The van der Waals surface area contributed by atoms with Crippen LogP contribution < -0.4 is 0 Å². The number of thiol groups is 1. The lowest BCUT2D eigenvalue weighted by molar-refractivity contribution is 0.212. The molecule has 0 amide bonds. The molecule has 13 heavy (non-hydrogen) atoms. The molecule has 1 unspecified atom stereocenters. The summed E-state index contributed by atoms with van der Waals surface area (Å²) in [4.78, 5) is 0. The lowest BCUT2D eigenvalue weighted by Crippen LogP contribution is -2.24. The Balaban J connectivity index is 2.79. The Kier molecular flexibility index (Phi) is 3.07. The molecule has 1 heteroatoms. The zero-order valence-electron chi connectivity index (χ0n) is 9.72. The molecule has 0 aromatic heterocycles. The fraction of sp³-hybridized carbons (Fsp3) is 1.00. The van der Waals surface area contributed by atoms with Gasteiger partial charge < -0.3 is 0 Å². The molecule has 1 saturated carbocycles. The van der Waals surface area contributed by atoms with Crippen LogP contribution in [0.15, 0.2) is 0 Å². The third-order valence-electron chi connectivity index (χ3n) is 4.23. The minimum atomic E-state index is 0.422. The average Bonchev–Trinajstić information content (AvgIpc) is 2.05. The molecule has 0 N–H and O–H groups in total. The first-order chi connectivity index (χ1) is 5.76. The monoisotopic (exact) mass is 200 g/mol. The molecule has 0 nitrogen and oxygen atoms in total. The lowest BCUT2D eigenvalue weighted by Gasteiger charge is -2.30. The first kappa shape index (κ1) is 11.4. The third-order valence-corrected chi connectivity index (χ3v) is 5.14. The fourth-order valence-corrected chi connectivity index (χ4v) is 2.48. The second-order valence-corrected chi connectivity index (χ2v) is 6.75. The predicted octanol–water partition coefficient (Wildman–Crippen LogP) is 4.16. The molecule has 1 aliphatic carbocycles. The van der Waals surface area contributed by atoms with Crippen LogP contribution in [0.5, 0.6) is 0 Å².